The van der Waals surface area contributed by atoms with Crippen LogP contribution in [0.3, 0.4) is 0 Å². The molecule has 1 aromatic carbocycles. The summed E-state index contributed by atoms with van der Waals surface area (Å²) in [5, 5.41) is 11.6. The number of nitrogens with one attached hydrogen (secondary N) is 1. The molecule has 0 unspecified atom stereocenters. The van der Waals surface area contributed by atoms with Gasteiger partial charge >= 0.3 is 0 Å². The van der Waals surface area contributed by atoms with Gasteiger partial charge in [0.2, 0.25) is 11.8 Å². The Morgan fingerprint density at radius 2 is 2.04 bits per heavy atom. The molecule has 5 heteroatoms. The average molecular weight is 318 g/mol. The molecule has 0 aromatic heterocycles. The molecule has 1 aliphatic heterocycles. The van der Waals surface area contributed by atoms with E-state index >= 15 is 0 Å². The second-order valence-corrected chi connectivity index (χ2v) is 6.03. The topological polar surface area (TPSA) is 69.6 Å². The fraction of sp³-hybridized carbons (Fsp3) is 0.556. The molecule has 0 bridgehead atoms. The van der Waals surface area contributed by atoms with Gasteiger partial charge in [0.1, 0.15) is 0 Å². The van der Waals surface area contributed by atoms with Crippen molar-refractivity contribution < 1.29 is 14.7 Å². The number of amides is 2. The van der Waals surface area contributed by atoms with E-state index in [9.17, 15) is 9.59 Å². The molecule has 1 heterocycles. The third kappa shape index (κ3) is 5.67. The van der Waals surface area contributed by atoms with Crippen molar-refractivity contribution in [2.45, 2.75) is 32.1 Å². The molecule has 23 heavy (non-hydrogen) atoms. The van der Waals surface area contributed by atoms with E-state index in [1.54, 1.807) is 0 Å². The molecular weight excluding hydrogens is 292 g/mol. The molecule has 0 aliphatic carbocycles. The van der Waals surface area contributed by atoms with E-state index in [0.717, 1.165) is 12.8 Å². The van der Waals surface area contributed by atoms with E-state index in [-0.39, 0.29) is 24.3 Å². The van der Waals surface area contributed by atoms with Crippen molar-refractivity contribution in [3.63, 3.8) is 0 Å². The Hall–Kier alpha value is -1.88. The number of carbonyl (C=O) groups excluding carboxylic acids is 2. The molecule has 5 nitrogen and oxygen atoms in total. The van der Waals surface area contributed by atoms with Crippen LogP contribution in [0.15, 0.2) is 30.3 Å². The lowest BCUT2D eigenvalue weighted by molar-refractivity contribution is -0.138. The van der Waals surface area contributed by atoms with E-state index in [2.05, 4.69) is 17.4 Å². The Labute approximate surface area is 137 Å². The number of aryl methyl sites for hydroxylation is 1. The zero-order valence-corrected chi connectivity index (χ0v) is 13.5. The van der Waals surface area contributed by atoms with Crippen LogP contribution in [-0.2, 0) is 16.0 Å². The largest absolute Gasteiger partial charge is 0.396 e. The lowest BCUT2D eigenvalue weighted by Gasteiger charge is -2.32. The molecule has 1 aromatic rings. The number of aliphatic hydroxyl groups excluding tert-OH is 1. The third-order valence-electron chi connectivity index (χ3n) is 4.24. The first-order chi connectivity index (χ1) is 11.2. The van der Waals surface area contributed by atoms with Gasteiger partial charge in [-0.15, -0.1) is 0 Å². The van der Waals surface area contributed by atoms with Gasteiger partial charge in [0.15, 0.2) is 0 Å². The van der Waals surface area contributed by atoms with Crippen LogP contribution in [0.25, 0.3) is 0 Å². The number of carbonyl (C=O) groups is 2. The van der Waals surface area contributed by atoms with Gasteiger partial charge in [0, 0.05) is 32.7 Å². The molecule has 2 amide bonds. The average Bonchev–Trinajstić information content (AvgIpc) is 2.57. The van der Waals surface area contributed by atoms with Gasteiger partial charge in [-0.05, 0) is 31.2 Å². The molecule has 2 N–H and O–H groups in total. The maximum atomic E-state index is 12.1. The Kier molecular flexibility index (Phi) is 7.07. The standard InChI is InChI=1S/C18H26N2O3/c21-13-5-11-19-18(23)16-9-10-17(22)20(14-16)12-4-8-15-6-2-1-3-7-15/h1-3,6-7,16,21H,4-5,8-14H2,(H,19,23)/t16-/m0/s1. The van der Waals surface area contributed by atoms with Gasteiger partial charge in [-0.2, -0.15) is 0 Å². The second-order valence-electron chi connectivity index (χ2n) is 6.03. The van der Waals surface area contributed by atoms with Crippen LogP contribution in [-0.4, -0.2) is 48.1 Å². The summed E-state index contributed by atoms with van der Waals surface area (Å²) >= 11 is 0. The van der Waals surface area contributed by atoms with Crippen molar-refractivity contribution in [1.29, 1.82) is 0 Å². The Balaban J connectivity index is 1.76. The number of benzene rings is 1. The summed E-state index contributed by atoms with van der Waals surface area (Å²) in [6, 6.07) is 10.2. The van der Waals surface area contributed by atoms with Crippen LogP contribution in [0, 0.1) is 5.92 Å². The minimum Gasteiger partial charge on any atom is -0.396 e. The number of nitrogens with zero attached hydrogens (tertiary/aromatic N) is 1. The summed E-state index contributed by atoms with van der Waals surface area (Å²) in [7, 11) is 0. The lowest BCUT2D eigenvalue weighted by Crippen LogP contribution is -2.46. The van der Waals surface area contributed by atoms with Gasteiger partial charge in [0.25, 0.3) is 0 Å². The van der Waals surface area contributed by atoms with Gasteiger partial charge in [-0.3, -0.25) is 9.59 Å². The third-order valence-corrected chi connectivity index (χ3v) is 4.24. The lowest BCUT2D eigenvalue weighted by atomic mass is 9.96. The summed E-state index contributed by atoms with van der Waals surface area (Å²) in [5.41, 5.74) is 1.27. The Morgan fingerprint density at radius 3 is 2.78 bits per heavy atom. The van der Waals surface area contributed by atoms with E-state index in [0.29, 0.717) is 38.9 Å². The minimum absolute atomic E-state index is 0.000917. The van der Waals surface area contributed by atoms with Crippen LogP contribution in [0.1, 0.15) is 31.2 Å². The monoisotopic (exact) mass is 318 g/mol. The first-order valence-corrected chi connectivity index (χ1v) is 8.41. The van der Waals surface area contributed by atoms with Crippen LogP contribution in [0.2, 0.25) is 0 Å². The Morgan fingerprint density at radius 1 is 1.26 bits per heavy atom. The first kappa shape index (κ1) is 17.5. The van der Waals surface area contributed by atoms with Gasteiger partial charge < -0.3 is 15.3 Å². The zero-order valence-electron chi connectivity index (χ0n) is 13.5. The van der Waals surface area contributed by atoms with Crippen molar-refractivity contribution in [3.05, 3.63) is 35.9 Å². The second kappa shape index (κ2) is 9.30. The number of aliphatic hydroxyl groups is 1. The Bertz CT molecular complexity index is 504. The summed E-state index contributed by atoms with van der Waals surface area (Å²) in [6.07, 6.45) is 3.49. The number of rotatable bonds is 8. The molecule has 1 saturated heterocycles. The van der Waals surface area contributed by atoms with Crippen molar-refractivity contribution in [1.82, 2.24) is 10.2 Å². The summed E-state index contributed by atoms with van der Waals surface area (Å²) in [6.45, 7) is 1.79. The quantitative estimate of drug-likeness (QED) is 0.711. The fourth-order valence-electron chi connectivity index (χ4n) is 2.90. The smallest absolute Gasteiger partial charge is 0.224 e. The van der Waals surface area contributed by atoms with Crippen LogP contribution >= 0.6 is 0 Å². The van der Waals surface area contributed by atoms with Crippen molar-refractivity contribution in [2.75, 3.05) is 26.2 Å². The zero-order chi connectivity index (χ0) is 16.5. The molecule has 0 spiro atoms. The highest BCUT2D eigenvalue weighted by molar-refractivity contribution is 5.83. The van der Waals surface area contributed by atoms with Crippen LogP contribution in [0.4, 0.5) is 0 Å². The highest BCUT2D eigenvalue weighted by Gasteiger charge is 2.29. The predicted octanol–water partition coefficient (Wildman–Crippen LogP) is 1.36. The molecule has 1 fully saturated rings. The normalized spacial score (nSPS) is 18.0. The van der Waals surface area contributed by atoms with E-state index < -0.39 is 0 Å². The highest BCUT2D eigenvalue weighted by Crippen LogP contribution is 2.18. The first-order valence-electron chi connectivity index (χ1n) is 8.41. The molecule has 1 atom stereocenters. The number of likely N-dealkylation sites (tertiary alicyclic amines) is 1. The molecule has 2 rings (SSSR count). The molecular formula is C18H26N2O3. The SMILES string of the molecule is O=C(NCCCO)[C@H]1CCC(=O)N(CCCc2ccccc2)C1. The van der Waals surface area contributed by atoms with Crippen molar-refractivity contribution >= 4 is 11.8 Å². The van der Waals surface area contributed by atoms with Gasteiger partial charge in [-0.1, -0.05) is 30.3 Å². The van der Waals surface area contributed by atoms with E-state index in [1.165, 1.54) is 5.56 Å². The number of hydrogen-bond donors (Lipinski definition) is 2. The molecule has 1 aliphatic rings. The summed E-state index contributed by atoms with van der Waals surface area (Å²) in [5.74, 6) is 0.0274. The van der Waals surface area contributed by atoms with Crippen molar-refractivity contribution in [2.24, 2.45) is 5.92 Å². The highest BCUT2D eigenvalue weighted by atomic mass is 16.3. The van der Waals surface area contributed by atoms with Gasteiger partial charge in [-0.25, -0.2) is 0 Å². The minimum atomic E-state index is -0.122. The molecule has 0 radical (unpaired) electrons. The van der Waals surface area contributed by atoms with E-state index in [1.807, 2.05) is 23.1 Å². The fourth-order valence-corrected chi connectivity index (χ4v) is 2.90. The van der Waals surface area contributed by atoms with E-state index in [4.69, 9.17) is 5.11 Å². The molecule has 0 saturated carbocycles. The summed E-state index contributed by atoms with van der Waals surface area (Å²) in [4.78, 5) is 25.9. The van der Waals surface area contributed by atoms with Gasteiger partial charge in [0.05, 0.1) is 5.92 Å². The summed E-state index contributed by atoms with van der Waals surface area (Å²) < 4.78 is 0. The van der Waals surface area contributed by atoms with Crippen molar-refractivity contribution in [3.8, 4) is 0 Å². The molecule has 126 valence electrons. The number of hydrogen-bond acceptors (Lipinski definition) is 3. The van der Waals surface area contributed by atoms with Crippen LogP contribution in [0.5, 0.6) is 0 Å². The maximum Gasteiger partial charge on any atom is 0.224 e. The maximum absolute atomic E-state index is 12.1. The number of piperidine rings is 1. The van der Waals surface area contributed by atoms with Crippen LogP contribution < -0.4 is 5.32 Å². The predicted molar refractivity (Wildman–Crippen MR) is 88.8 cm³/mol.